The van der Waals surface area contributed by atoms with Crippen molar-refractivity contribution in [2.24, 2.45) is 0 Å². The second-order valence-corrected chi connectivity index (χ2v) is 7.45. The van der Waals surface area contributed by atoms with Gasteiger partial charge in [0.2, 0.25) is 5.95 Å². The Morgan fingerprint density at radius 2 is 1.80 bits per heavy atom. The Hall–Kier alpha value is -2.27. The predicted molar refractivity (Wildman–Crippen MR) is 104 cm³/mol. The second kappa shape index (κ2) is 7.74. The molecule has 1 fully saturated rings. The molecule has 5 heteroatoms. The van der Waals surface area contributed by atoms with E-state index in [9.17, 15) is 0 Å². The first-order chi connectivity index (χ1) is 12.4. The maximum Gasteiger partial charge on any atom is 0.223 e. The highest BCUT2D eigenvalue weighted by Crippen LogP contribution is 2.33. The molecule has 3 aromatic heterocycles. The van der Waals surface area contributed by atoms with Crippen LogP contribution >= 0.6 is 11.3 Å². The van der Waals surface area contributed by atoms with E-state index in [4.69, 9.17) is 4.98 Å². The lowest BCUT2D eigenvalue weighted by atomic mass is 10.1. The minimum absolute atomic E-state index is 0.491. The van der Waals surface area contributed by atoms with Gasteiger partial charge in [-0.25, -0.2) is 9.97 Å². The molecule has 0 bridgehead atoms. The summed E-state index contributed by atoms with van der Waals surface area (Å²) >= 11 is 1.71. The van der Waals surface area contributed by atoms with Gasteiger partial charge in [0.1, 0.15) is 0 Å². The molecule has 0 saturated heterocycles. The van der Waals surface area contributed by atoms with Crippen LogP contribution in [-0.4, -0.2) is 21.0 Å². The number of aromatic nitrogens is 3. The summed E-state index contributed by atoms with van der Waals surface area (Å²) in [5, 5.41) is 5.66. The molecule has 0 atom stereocenters. The largest absolute Gasteiger partial charge is 0.351 e. The fraction of sp³-hybridized carbons (Fsp3) is 0.350. The quantitative estimate of drug-likeness (QED) is 0.640. The van der Waals surface area contributed by atoms with Gasteiger partial charge < -0.3 is 5.32 Å². The molecule has 0 amide bonds. The Bertz CT molecular complexity index is 794. The van der Waals surface area contributed by atoms with Crippen LogP contribution in [0.25, 0.3) is 21.7 Å². The van der Waals surface area contributed by atoms with Crippen LogP contribution in [0.1, 0.15) is 38.5 Å². The fourth-order valence-electron chi connectivity index (χ4n) is 3.40. The van der Waals surface area contributed by atoms with Gasteiger partial charge in [0, 0.05) is 30.2 Å². The van der Waals surface area contributed by atoms with Gasteiger partial charge in [0.25, 0.3) is 0 Å². The third-order valence-corrected chi connectivity index (χ3v) is 5.60. The molecule has 3 heterocycles. The average molecular weight is 350 g/mol. The van der Waals surface area contributed by atoms with Crippen molar-refractivity contribution in [3.8, 4) is 21.7 Å². The lowest BCUT2D eigenvalue weighted by molar-refractivity contribution is 0.615. The lowest BCUT2D eigenvalue weighted by Crippen LogP contribution is -2.20. The molecule has 1 aliphatic rings. The SMILES string of the molecule is c1csc(-c2nc(NC3CCCCCC3)ncc2-c2ccncc2)c1. The monoisotopic (exact) mass is 350 g/mol. The molecule has 1 saturated carbocycles. The molecule has 1 aliphatic carbocycles. The first-order valence-electron chi connectivity index (χ1n) is 8.98. The lowest BCUT2D eigenvalue weighted by Gasteiger charge is -2.17. The number of hydrogen-bond donors (Lipinski definition) is 1. The van der Waals surface area contributed by atoms with Crippen molar-refractivity contribution in [3.05, 3.63) is 48.2 Å². The van der Waals surface area contributed by atoms with Crippen molar-refractivity contribution in [3.63, 3.8) is 0 Å². The molecule has 0 aromatic carbocycles. The summed E-state index contributed by atoms with van der Waals surface area (Å²) in [4.78, 5) is 14.8. The first-order valence-corrected chi connectivity index (χ1v) is 9.86. The van der Waals surface area contributed by atoms with E-state index in [1.807, 2.05) is 30.7 Å². The van der Waals surface area contributed by atoms with Gasteiger partial charge in [-0.1, -0.05) is 31.7 Å². The van der Waals surface area contributed by atoms with Crippen LogP contribution in [0.15, 0.2) is 48.2 Å². The van der Waals surface area contributed by atoms with Gasteiger partial charge in [-0.3, -0.25) is 4.98 Å². The normalized spacial score (nSPS) is 15.7. The van der Waals surface area contributed by atoms with Crippen molar-refractivity contribution in [2.45, 2.75) is 44.6 Å². The maximum atomic E-state index is 4.88. The number of nitrogens with zero attached hydrogens (tertiary/aromatic N) is 3. The summed E-state index contributed by atoms with van der Waals surface area (Å²) in [7, 11) is 0. The number of hydrogen-bond acceptors (Lipinski definition) is 5. The third-order valence-electron chi connectivity index (χ3n) is 4.72. The second-order valence-electron chi connectivity index (χ2n) is 6.50. The van der Waals surface area contributed by atoms with E-state index < -0.39 is 0 Å². The van der Waals surface area contributed by atoms with Gasteiger partial charge in [0.05, 0.1) is 10.6 Å². The highest BCUT2D eigenvalue weighted by Gasteiger charge is 2.16. The van der Waals surface area contributed by atoms with E-state index in [1.165, 1.54) is 38.5 Å². The Morgan fingerprint density at radius 1 is 1.00 bits per heavy atom. The van der Waals surface area contributed by atoms with Crippen molar-refractivity contribution in [1.82, 2.24) is 15.0 Å². The minimum Gasteiger partial charge on any atom is -0.351 e. The number of pyridine rings is 1. The Labute approximate surface area is 152 Å². The summed E-state index contributed by atoms with van der Waals surface area (Å²) in [5.74, 6) is 0.744. The summed E-state index contributed by atoms with van der Waals surface area (Å²) in [5.41, 5.74) is 3.14. The highest BCUT2D eigenvalue weighted by molar-refractivity contribution is 7.13. The molecule has 4 nitrogen and oxygen atoms in total. The molecule has 0 aliphatic heterocycles. The molecule has 0 unspecified atom stereocenters. The summed E-state index contributed by atoms with van der Waals surface area (Å²) in [6.07, 6.45) is 13.3. The number of thiophene rings is 1. The van der Waals surface area contributed by atoms with Gasteiger partial charge in [-0.15, -0.1) is 11.3 Å². The summed E-state index contributed by atoms with van der Waals surface area (Å²) in [6.45, 7) is 0. The smallest absolute Gasteiger partial charge is 0.223 e. The standard InChI is InChI=1S/C20H22N4S/c1-2-4-7-16(6-3-1)23-20-22-14-17(15-9-11-21-12-10-15)19(24-20)18-8-5-13-25-18/h5,8-14,16H,1-4,6-7H2,(H,22,23,24). The molecular weight excluding hydrogens is 328 g/mol. The van der Waals surface area contributed by atoms with Crippen LogP contribution < -0.4 is 5.32 Å². The molecule has 0 spiro atoms. The zero-order valence-corrected chi connectivity index (χ0v) is 15.0. The van der Waals surface area contributed by atoms with E-state index in [0.717, 1.165) is 27.6 Å². The molecule has 0 radical (unpaired) electrons. The van der Waals surface area contributed by atoms with Gasteiger partial charge in [-0.2, -0.15) is 0 Å². The van der Waals surface area contributed by atoms with E-state index in [2.05, 4.69) is 32.8 Å². The van der Waals surface area contributed by atoms with Crippen molar-refractivity contribution in [1.29, 1.82) is 0 Å². The van der Waals surface area contributed by atoms with Crippen molar-refractivity contribution < 1.29 is 0 Å². The van der Waals surface area contributed by atoms with E-state index in [1.54, 1.807) is 11.3 Å². The van der Waals surface area contributed by atoms with Gasteiger partial charge >= 0.3 is 0 Å². The van der Waals surface area contributed by atoms with Crippen molar-refractivity contribution >= 4 is 17.3 Å². The Balaban J connectivity index is 1.67. The van der Waals surface area contributed by atoms with Crippen LogP contribution in [0.5, 0.6) is 0 Å². The maximum absolute atomic E-state index is 4.88. The Kier molecular flexibility index (Phi) is 5.02. The van der Waals surface area contributed by atoms with Gasteiger partial charge in [-0.05, 0) is 42.0 Å². The number of anilines is 1. The van der Waals surface area contributed by atoms with Crippen LogP contribution in [0, 0.1) is 0 Å². The number of rotatable bonds is 4. The number of nitrogens with one attached hydrogen (secondary N) is 1. The molecule has 1 N–H and O–H groups in total. The molecular formula is C20H22N4S. The predicted octanol–water partition coefficient (Wildman–Crippen LogP) is 5.40. The first kappa shape index (κ1) is 16.2. The van der Waals surface area contributed by atoms with Gasteiger partial charge in [0.15, 0.2) is 0 Å². The molecule has 4 rings (SSSR count). The van der Waals surface area contributed by atoms with Crippen LogP contribution in [0.2, 0.25) is 0 Å². The van der Waals surface area contributed by atoms with Crippen molar-refractivity contribution in [2.75, 3.05) is 5.32 Å². The van der Waals surface area contributed by atoms with Crippen LogP contribution in [-0.2, 0) is 0 Å². The zero-order valence-electron chi connectivity index (χ0n) is 14.2. The fourth-order valence-corrected chi connectivity index (χ4v) is 4.13. The minimum atomic E-state index is 0.491. The zero-order chi connectivity index (χ0) is 16.9. The van der Waals surface area contributed by atoms with Crippen LogP contribution in [0.4, 0.5) is 5.95 Å². The van der Waals surface area contributed by atoms with Crippen LogP contribution in [0.3, 0.4) is 0 Å². The highest BCUT2D eigenvalue weighted by atomic mass is 32.1. The molecule has 128 valence electrons. The molecule has 25 heavy (non-hydrogen) atoms. The van der Waals surface area contributed by atoms with E-state index in [-0.39, 0.29) is 0 Å². The summed E-state index contributed by atoms with van der Waals surface area (Å²) < 4.78 is 0. The van der Waals surface area contributed by atoms with E-state index in [0.29, 0.717) is 6.04 Å². The summed E-state index contributed by atoms with van der Waals surface area (Å²) in [6, 6.07) is 8.69. The average Bonchev–Trinajstić information content (AvgIpc) is 3.08. The topological polar surface area (TPSA) is 50.7 Å². The third kappa shape index (κ3) is 3.87. The molecule has 3 aromatic rings. The Morgan fingerprint density at radius 3 is 2.52 bits per heavy atom. The van der Waals surface area contributed by atoms with E-state index >= 15 is 0 Å².